The second kappa shape index (κ2) is 75.2. The van der Waals surface area contributed by atoms with Gasteiger partial charge in [0.2, 0.25) is 0 Å². The standard InChI is InChI=1S/9C4H8O2.CH4O/c9*1-3-6-4(2)5;1-2/h9*3H2,1-2H3;2H,1H3. The molecule has 0 aliphatic heterocycles. The molecule has 0 spiro atoms. The molecular weight excluding hydrogens is 748 g/mol. The zero-order chi connectivity index (χ0) is 46.9. The van der Waals surface area contributed by atoms with Crippen LogP contribution < -0.4 is 0 Å². The SMILES string of the molecule is CCOC(C)=O.CCOC(C)=O.CCOC(C)=O.CCOC(C)=O.CCOC(C)=O.CCOC(C)=O.CCOC(C)=O.CCOC(C)=O.CCOC(C)=O.CO. The van der Waals surface area contributed by atoms with Gasteiger partial charge in [0, 0.05) is 69.4 Å². The van der Waals surface area contributed by atoms with Gasteiger partial charge in [-0.05, 0) is 62.3 Å². The first-order valence-corrected chi connectivity index (χ1v) is 17.6. The molecule has 0 aromatic heterocycles. The van der Waals surface area contributed by atoms with Crippen molar-refractivity contribution >= 4 is 53.7 Å². The van der Waals surface area contributed by atoms with Crippen molar-refractivity contribution in [2.45, 2.75) is 125 Å². The van der Waals surface area contributed by atoms with Gasteiger partial charge >= 0.3 is 53.7 Å². The monoisotopic (exact) mass is 824 g/mol. The minimum absolute atomic E-state index is 0.211. The molecular formula is C37H76O19. The first-order chi connectivity index (χ1) is 25.9. The van der Waals surface area contributed by atoms with Gasteiger partial charge in [-0.1, -0.05) is 0 Å². The van der Waals surface area contributed by atoms with Crippen LogP contribution in [0.25, 0.3) is 0 Å². The molecule has 0 amide bonds. The third-order valence-electron chi connectivity index (χ3n) is 3.13. The van der Waals surface area contributed by atoms with E-state index in [0.29, 0.717) is 59.5 Å². The van der Waals surface area contributed by atoms with Gasteiger partial charge < -0.3 is 47.7 Å². The van der Waals surface area contributed by atoms with Crippen LogP contribution in [-0.2, 0) is 85.8 Å². The molecule has 0 bridgehead atoms. The summed E-state index contributed by atoms with van der Waals surface area (Å²) in [6.07, 6.45) is 0. The topological polar surface area (TPSA) is 257 Å². The number of hydrogen-bond donors (Lipinski definition) is 1. The lowest BCUT2D eigenvalue weighted by atomic mass is 10.8. The van der Waals surface area contributed by atoms with Gasteiger partial charge in [0.15, 0.2) is 0 Å². The Morgan fingerprint density at radius 1 is 0.232 bits per heavy atom. The Balaban J connectivity index is -0.0000000528. The Bertz CT molecular complexity index is 676. The van der Waals surface area contributed by atoms with E-state index in [1.807, 2.05) is 0 Å². The Kier molecular flexibility index (Phi) is 102. The first-order valence-electron chi connectivity index (χ1n) is 17.6. The highest BCUT2D eigenvalue weighted by Gasteiger charge is 1.85. The fourth-order valence-corrected chi connectivity index (χ4v) is 1.83. The van der Waals surface area contributed by atoms with Gasteiger partial charge in [-0.25, -0.2) is 0 Å². The van der Waals surface area contributed by atoms with Crippen molar-refractivity contribution in [1.29, 1.82) is 0 Å². The minimum Gasteiger partial charge on any atom is -0.466 e. The Morgan fingerprint density at radius 3 is 0.286 bits per heavy atom. The summed E-state index contributed by atoms with van der Waals surface area (Å²) in [4.78, 5) is 88.4. The van der Waals surface area contributed by atoms with Gasteiger partial charge in [-0.3, -0.25) is 43.2 Å². The molecule has 0 heterocycles. The predicted molar refractivity (Wildman–Crippen MR) is 209 cm³/mol. The number of aliphatic hydroxyl groups excluding tert-OH is 1. The van der Waals surface area contributed by atoms with Crippen LogP contribution in [0.1, 0.15) is 125 Å². The summed E-state index contributed by atoms with van der Waals surface area (Å²) >= 11 is 0. The van der Waals surface area contributed by atoms with Gasteiger partial charge in [-0.15, -0.1) is 0 Å². The van der Waals surface area contributed by atoms with E-state index in [1.54, 1.807) is 62.3 Å². The van der Waals surface area contributed by atoms with E-state index in [1.165, 1.54) is 62.3 Å². The maximum atomic E-state index is 9.82. The number of hydrogen-bond acceptors (Lipinski definition) is 19. The summed E-state index contributed by atoms with van der Waals surface area (Å²) in [5.41, 5.74) is 0. The van der Waals surface area contributed by atoms with Crippen LogP contribution in [-0.4, -0.2) is 125 Å². The Hall–Kier alpha value is -4.81. The second-order valence-electron chi connectivity index (χ2n) is 8.32. The summed E-state index contributed by atoms with van der Waals surface area (Å²) in [5, 5.41) is 7.00. The van der Waals surface area contributed by atoms with Crippen LogP contribution in [0.15, 0.2) is 0 Å². The smallest absolute Gasteiger partial charge is 0.302 e. The molecule has 56 heavy (non-hydrogen) atoms. The van der Waals surface area contributed by atoms with Crippen LogP contribution in [0, 0.1) is 0 Å². The molecule has 0 saturated carbocycles. The summed E-state index contributed by atoms with van der Waals surface area (Å²) in [6, 6.07) is 0. The number of rotatable bonds is 9. The third kappa shape index (κ3) is 232. The van der Waals surface area contributed by atoms with Crippen LogP contribution >= 0.6 is 0 Å². The van der Waals surface area contributed by atoms with Crippen LogP contribution in [0.3, 0.4) is 0 Å². The largest absolute Gasteiger partial charge is 0.466 e. The molecule has 1 N–H and O–H groups in total. The molecule has 0 fully saturated rings. The van der Waals surface area contributed by atoms with Crippen molar-refractivity contribution in [3.05, 3.63) is 0 Å². The van der Waals surface area contributed by atoms with Gasteiger partial charge in [0.1, 0.15) is 0 Å². The quantitative estimate of drug-likeness (QED) is 0.243. The number of esters is 9. The molecule has 19 nitrogen and oxygen atoms in total. The Labute approximate surface area is 335 Å². The summed E-state index contributed by atoms with van der Waals surface area (Å²) in [5.74, 6) is -1.90. The average molecular weight is 825 g/mol. The van der Waals surface area contributed by atoms with Crippen molar-refractivity contribution in [3.63, 3.8) is 0 Å². The maximum Gasteiger partial charge on any atom is 0.302 e. The van der Waals surface area contributed by atoms with E-state index < -0.39 is 0 Å². The van der Waals surface area contributed by atoms with Crippen molar-refractivity contribution < 1.29 is 90.9 Å². The fraction of sp³-hybridized carbons (Fsp3) is 0.757. The summed E-state index contributed by atoms with van der Waals surface area (Å²) in [7, 11) is 1.00. The van der Waals surface area contributed by atoms with Crippen LogP contribution in [0.4, 0.5) is 0 Å². The fourth-order valence-electron chi connectivity index (χ4n) is 1.83. The Morgan fingerprint density at radius 2 is 0.286 bits per heavy atom. The van der Waals surface area contributed by atoms with Gasteiger partial charge in [-0.2, -0.15) is 0 Å². The molecule has 0 rings (SSSR count). The number of carbonyl (C=O) groups is 9. The van der Waals surface area contributed by atoms with E-state index >= 15 is 0 Å². The molecule has 0 saturated heterocycles. The molecule has 0 aromatic carbocycles. The number of ether oxygens (including phenoxy) is 9. The molecule has 338 valence electrons. The lowest BCUT2D eigenvalue weighted by Gasteiger charge is -1.89. The molecule has 0 atom stereocenters. The van der Waals surface area contributed by atoms with Crippen molar-refractivity contribution in [2.75, 3.05) is 66.6 Å². The molecule has 19 heteroatoms. The van der Waals surface area contributed by atoms with Crippen molar-refractivity contribution in [1.82, 2.24) is 0 Å². The first kappa shape index (κ1) is 76.0. The predicted octanol–water partition coefficient (Wildman–Crippen LogP) is 4.73. The van der Waals surface area contributed by atoms with E-state index in [2.05, 4.69) is 42.6 Å². The van der Waals surface area contributed by atoms with E-state index in [-0.39, 0.29) is 53.7 Å². The van der Waals surface area contributed by atoms with Crippen molar-refractivity contribution in [3.8, 4) is 0 Å². The highest BCUT2D eigenvalue weighted by atomic mass is 16.6. The maximum absolute atomic E-state index is 9.82. The summed E-state index contributed by atoms with van der Waals surface area (Å²) in [6.45, 7) is 32.9. The molecule has 0 aromatic rings. The molecule has 0 unspecified atom stereocenters. The molecule has 0 radical (unpaired) electrons. The zero-order valence-corrected chi connectivity index (χ0v) is 37.7. The number of carbonyl (C=O) groups excluding carboxylic acids is 9. The summed E-state index contributed by atoms with van der Waals surface area (Å²) < 4.78 is 39.6. The van der Waals surface area contributed by atoms with Crippen molar-refractivity contribution in [2.24, 2.45) is 0 Å². The highest BCUT2D eigenvalue weighted by molar-refractivity contribution is 5.68. The van der Waals surface area contributed by atoms with Crippen LogP contribution in [0.5, 0.6) is 0 Å². The van der Waals surface area contributed by atoms with Crippen LogP contribution in [0.2, 0.25) is 0 Å². The zero-order valence-electron chi connectivity index (χ0n) is 37.7. The minimum atomic E-state index is -0.211. The molecule has 0 aliphatic rings. The van der Waals surface area contributed by atoms with Gasteiger partial charge in [0.25, 0.3) is 0 Å². The van der Waals surface area contributed by atoms with E-state index in [0.717, 1.165) is 7.11 Å². The average Bonchev–Trinajstić information content (AvgIpc) is 3.04. The lowest BCUT2D eigenvalue weighted by molar-refractivity contribution is -0.141. The van der Waals surface area contributed by atoms with E-state index in [4.69, 9.17) is 5.11 Å². The van der Waals surface area contributed by atoms with E-state index in [9.17, 15) is 43.2 Å². The normalized spacial score (nSPS) is 7.50. The third-order valence-corrected chi connectivity index (χ3v) is 3.13. The number of aliphatic hydroxyl groups is 1. The molecule has 0 aliphatic carbocycles. The lowest BCUT2D eigenvalue weighted by Crippen LogP contribution is -1.95. The second-order valence-corrected chi connectivity index (χ2v) is 8.32. The highest BCUT2D eigenvalue weighted by Crippen LogP contribution is 1.74. The van der Waals surface area contributed by atoms with Gasteiger partial charge in [0.05, 0.1) is 59.5 Å².